The van der Waals surface area contributed by atoms with Crippen LogP contribution in [0, 0.1) is 0 Å². The summed E-state index contributed by atoms with van der Waals surface area (Å²) in [6.45, 7) is 14.3. The molecule has 0 radical (unpaired) electrons. The fraction of sp³-hybridized carbons (Fsp3) is 0.889. The molecule has 1 aliphatic rings. The Balaban J connectivity index is 2.87. The fourth-order valence-electron chi connectivity index (χ4n) is 3.53. The molecule has 0 aliphatic carbocycles. The molecule has 1 aliphatic heterocycles. The van der Waals surface area contributed by atoms with Gasteiger partial charge in [-0.25, -0.2) is 9.69 Å². The maximum atomic E-state index is 12.6. The largest absolute Gasteiger partial charge is 0.449 e. The Labute approximate surface area is 141 Å². The van der Waals surface area contributed by atoms with Crippen LogP contribution in [0.1, 0.15) is 73.6 Å². The van der Waals surface area contributed by atoms with Crippen molar-refractivity contribution in [2.75, 3.05) is 19.7 Å². The van der Waals surface area contributed by atoms with E-state index < -0.39 is 6.09 Å². The highest BCUT2D eigenvalue weighted by molar-refractivity contribution is 5.92. The molecular formula is C18H34N2O3. The highest BCUT2D eigenvalue weighted by Crippen LogP contribution is 2.33. The first-order valence-corrected chi connectivity index (χ1v) is 8.90. The van der Waals surface area contributed by atoms with Crippen LogP contribution in [-0.4, -0.2) is 52.6 Å². The Kier molecular flexibility index (Phi) is 7.05. The van der Waals surface area contributed by atoms with Crippen LogP contribution in [0.25, 0.3) is 0 Å². The fourth-order valence-corrected chi connectivity index (χ4v) is 3.53. The summed E-state index contributed by atoms with van der Waals surface area (Å²) in [6, 6.07) is 0. The zero-order valence-corrected chi connectivity index (χ0v) is 15.8. The molecule has 1 fully saturated rings. The number of amides is 2. The summed E-state index contributed by atoms with van der Waals surface area (Å²) in [6.07, 6.45) is 3.81. The third-order valence-corrected chi connectivity index (χ3v) is 4.53. The molecule has 0 spiro atoms. The summed E-state index contributed by atoms with van der Waals surface area (Å²) in [4.78, 5) is 28.6. The normalized spacial score (nSPS) is 21.1. The first-order valence-electron chi connectivity index (χ1n) is 8.90. The quantitative estimate of drug-likeness (QED) is 0.696. The van der Waals surface area contributed by atoms with Crippen LogP contribution in [0.4, 0.5) is 4.79 Å². The van der Waals surface area contributed by atoms with Crippen molar-refractivity contribution in [2.45, 2.75) is 84.7 Å². The Bertz CT molecular complexity index is 418. The molecule has 5 nitrogen and oxygen atoms in total. The van der Waals surface area contributed by atoms with Gasteiger partial charge in [0.1, 0.15) is 0 Å². The van der Waals surface area contributed by atoms with E-state index in [1.165, 1.54) is 4.90 Å². The van der Waals surface area contributed by atoms with Gasteiger partial charge >= 0.3 is 6.09 Å². The predicted octanol–water partition coefficient (Wildman–Crippen LogP) is 3.81. The summed E-state index contributed by atoms with van der Waals surface area (Å²) < 4.78 is 5.31. The number of rotatable bonds is 6. The third kappa shape index (κ3) is 5.20. The lowest BCUT2D eigenvalue weighted by Gasteiger charge is -2.46. The second-order valence-corrected chi connectivity index (χ2v) is 7.75. The predicted molar refractivity (Wildman–Crippen MR) is 92.4 cm³/mol. The first-order chi connectivity index (χ1) is 10.7. The van der Waals surface area contributed by atoms with Gasteiger partial charge in [-0.1, -0.05) is 26.7 Å². The zero-order chi connectivity index (χ0) is 17.7. The van der Waals surface area contributed by atoms with Crippen LogP contribution in [0.2, 0.25) is 0 Å². The Morgan fingerprint density at radius 3 is 2.30 bits per heavy atom. The molecule has 0 aromatic heterocycles. The first kappa shape index (κ1) is 19.9. The molecule has 0 saturated carbocycles. The van der Waals surface area contributed by atoms with Gasteiger partial charge in [0.15, 0.2) is 0 Å². The summed E-state index contributed by atoms with van der Waals surface area (Å²) >= 11 is 0. The van der Waals surface area contributed by atoms with Crippen molar-refractivity contribution in [3.63, 3.8) is 0 Å². The average molecular weight is 326 g/mol. The molecule has 0 aromatic carbocycles. The SMILES string of the molecule is CCCCCOC(=O)N1CC(C)(C)N(CCC)C(C)(C)CC1=O. The number of hydrogen-bond donors (Lipinski definition) is 0. The molecule has 0 bridgehead atoms. The minimum absolute atomic E-state index is 0.137. The molecule has 0 N–H and O–H groups in total. The summed E-state index contributed by atoms with van der Waals surface area (Å²) in [5.41, 5.74) is -0.540. The number of unbranched alkanes of at least 4 members (excludes halogenated alkanes) is 2. The molecule has 0 aromatic rings. The van der Waals surface area contributed by atoms with Gasteiger partial charge in [0.05, 0.1) is 6.61 Å². The molecule has 1 rings (SSSR count). The molecule has 0 unspecified atom stereocenters. The molecule has 134 valence electrons. The standard InChI is InChI=1S/C18H34N2O3/c1-7-9-10-12-23-16(22)19-14-18(5,6)20(11-8-2)17(3,4)13-15(19)21/h7-14H2,1-6H3. The lowest BCUT2D eigenvalue weighted by molar-refractivity contribution is -0.130. The molecular weight excluding hydrogens is 292 g/mol. The van der Waals surface area contributed by atoms with Crippen LogP contribution >= 0.6 is 0 Å². The molecule has 0 atom stereocenters. The zero-order valence-electron chi connectivity index (χ0n) is 15.8. The van der Waals surface area contributed by atoms with Gasteiger partial charge in [0.2, 0.25) is 5.91 Å². The van der Waals surface area contributed by atoms with E-state index in [1.54, 1.807) is 0 Å². The van der Waals surface area contributed by atoms with E-state index in [9.17, 15) is 9.59 Å². The van der Waals surface area contributed by atoms with Crippen molar-refractivity contribution in [2.24, 2.45) is 0 Å². The Morgan fingerprint density at radius 1 is 1.09 bits per heavy atom. The van der Waals surface area contributed by atoms with Crippen LogP contribution in [-0.2, 0) is 9.53 Å². The number of carbonyl (C=O) groups excluding carboxylic acids is 2. The van der Waals surface area contributed by atoms with Gasteiger partial charge in [-0.15, -0.1) is 0 Å². The van der Waals surface area contributed by atoms with Crippen LogP contribution in [0.15, 0.2) is 0 Å². The van der Waals surface area contributed by atoms with E-state index in [2.05, 4.69) is 46.4 Å². The van der Waals surface area contributed by atoms with E-state index in [4.69, 9.17) is 4.74 Å². The monoisotopic (exact) mass is 326 g/mol. The lowest BCUT2D eigenvalue weighted by Crippen LogP contribution is -2.57. The molecule has 2 amide bonds. The van der Waals surface area contributed by atoms with Crippen molar-refractivity contribution in [1.29, 1.82) is 0 Å². The average Bonchev–Trinajstić information content (AvgIpc) is 2.51. The number of imide groups is 1. The molecule has 23 heavy (non-hydrogen) atoms. The van der Waals surface area contributed by atoms with Crippen molar-refractivity contribution >= 4 is 12.0 Å². The number of carbonyl (C=O) groups is 2. The van der Waals surface area contributed by atoms with Crippen molar-refractivity contribution in [3.8, 4) is 0 Å². The molecule has 5 heteroatoms. The number of hydrogen-bond acceptors (Lipinski definition) is 4. The highest BCUT2D eigenvalue weighted by Gasteiger charge is 2.46. The van der Waals surface area contributed by atoms with Gasteiger partial charge in [0.25, 0.3) is 0 Å². The van der Waals surface area contributed by atoms with Crippen molar-refractivity contribution < 1.29 is 14.3 Å². The summed E-state index contributed by atoms with van der Waals surface area (Å²) in [5, 5.41) is 0. The molecule has 1 saturated heterocycles. The van der Waals surface area contributed by atoms with Gasteiger partial charge in [-0.2, -0.15) is 0 Å². The summed E-state index contributed by atoms with van der Waals surface area (Å²) in [7, 11) is 0. The van der Waals surface area contributed by atoms with Crippen LogP contribution < -0.4 is 0 Å². The van der Waals surface area contributed by atoms with Gasteiger partial charge in [-0.05, 0) is 47.1 Å². The van der Waals surface area contributed by atoms with E-state index in [1.807, 2.05) is 0 Å². The highest BCUT2D eigenvalue weighted by atomic mass is 16.6. The smallest absolute Gasteiger partial charge is 0.416 e. The van der Waals surface area contributed by atoms with Crippen molar-refractivity contribution in [1.82, 2.24) is 9.80 Å². The second-order valence-electron chi connectivity index (χ2n) is 7.75. The van der Waals surface area contributed by atoms with Gasteiger partial charge in [0, 0.05) is 24.0 Å². The van der Waals surface area contributed by atoms with E-state index in [-0.39, 0.29) is 17.0 Å². The third-order valence-electron chi connectivity index (χ3n) is 4.53. The summed E-state index contributed by atoms with van der Waals surface area (Å²) in [5.74, 6) is -0.137. The minimum atomic E-state index is -0.492. The topological polar surface area (TPSA) is 49.9 Å². The van der Waals surface area contributed by atoms with E-state index in [0.717, 1.165) is 32.2 Å². The second kappa shape index (κ2) is 8.13. The Morgan fingerprint density at radius 2 is 1.74 bits per heavy atom. The van der Waals surface area contributed by atoms with Crippen LogP contribution in [0.5, 0.6) is 0 Å². The van der Waals surface area contributed by atoms with Gasteiger partial charge < -0.3 is 4.74 Å². The number of ether oxygens (including phenoxy) is 1. The van der Waals surface area contributed by atoms with Gasteiger partial charge in [-0.3, -0.25) is 9.69 Å². The van der Waals surface area contributed by atoms with E-state index in [0.29, 0.717) is 19.6 Å². The maximum absolute atomic E-state index is 12.6. The minimum Gasteiger partial charge on any atom is -0.449 e. The van der Waals surface area contributed by atoms with Crippen molar-refractivity contribution in [3.05, 3.63) is 0 Å². The van der Waals surface area contributed by atoms with E-state index >= 15 is 0 Å². The van der Waals surface area contributed by atoms with Crippen LogP contribution in [0.3, 0.4) is 0 Å². The lowest BCUT2D eigenvalue weighted by atomic mass is 9.91. The Hall–Kier alpha value is -1.10. The maximum Gasteiger partial charge on any atom is 0.416 e. The molecule has 1 heterocycles. The number of nitrogens with zero attached hydrogens (tertiary/aromatic N) is 2.